The molecule has 1 aromatic carbocycles. The summed E-state index contributed by atoms with van der Waals surface area (Å²) in [6.07, 6.45) is 2.00. The average molecular weight is 187 g/mol. The van der Waals surface area contributed by atoms with Gasteiger partial charge in [0.1, 0.15) is 0 Å². The predicted octanol–water partition coefficient (Wildman–Crippen LogP) is 3.77. The van der Waals surface area contributed by atoms with Gasteiger partial charge in [0.25, 0.3) is 0 Å². The largest absolute Gasteiger partial charge is 0.361 e. The molecule has 0 saturated heterocycles. The Balaban J connectivity index is 2.71. The Hall–Kier alpha value is -1.24. The van der Waals surface area contributed by atoms with Gasteiger partial charge in [0.15, 0.2) is 0 Å². The van der Waals surface area contributed by atoms with Crippen LogP contribution in [0.1, 0.15) is 31.9 Å². The van der Waals surface area contributed by atoms with Gasteiger partial charge in [-0.05, 0) is 47.1 Å². The lowest BCUT2D eigenvalue weighted by molar-refractivity contribution is 0.587. The maximum atomic E-state index is 3.24. The first kappa shape index (κ1) is 9.32. The molecule has 74 valence electrons. The lowest BCUT2D eigenvalue weighted by Crippen LogP contribution is -2.12. The third kappa shape index (κ3) is 1.43. The van der Waals surface area contributed by atoms with Crippen molar-refractivity contribution in [2.24, 2.45) is 0 Å². The number of aromatic amines is 1. The van der Waals surface area contributed by atoms with Gasteiger partial charge in [-0.3, -0.25) is 0 Å². The molecule has 0 aliphatic heterocycles. The molecule has 1 heterocycles. The Morgan fingerprint density at radius 2 is 1.86 bits per heavy atom. The van der Waals surface area contributed by atoms with E-state index >= 15 is 0 Å². The lowest BCUT2D eigenvalue weighted by Gasteiger charge is -2.21. The van der Waals surface area contributed by atoms with Crippen LogP contribution >= 0.6 is 0 Å². The number of H-pyrrole nitrogens is 1. The Kier molecular flexibility index (Phi) is 1.91. The zero-order valence-electron chi connectivity index (χ0n) is 9.31. The summed E-state index contributed by atoms with van der Waals surface area (Å²) in [4.78, 5) is 3.24. The van der Waals surface area contributed by atoms with Crippen LogP contribution in [0.2, 0.25) is 0 Å². The molecule has 1 N–H and O–H groups in total. The van der Waals surface area contributed by atoms with Crippen LogP contribution in [0.25, 0.3) is 10.9 Å². The second kappa shape index (κ2) is 2.88. The predicted molar refractivity (Wildman–Crippen MR) is 61.7 cm³/mol. The van der Waals surface area contributed by atoms with Crippen molar-refractivity contribution in [3.05, 3.63) is 35.5 Å². The Morgan fingerprint density at radius 3 is 2.50 bits per heavy atom. The van der Waals surface area contributed by atoms with Gasteiger partial charge in [-0.25, -0.2) is 0 Å². The molecular formula is C13H17N. The van der Waals surface area contributed by atoms with Gasteiger partial charge in [-0.1, -0.05) is 20.8 Å². The van der Waals surface area contributed by atoms with Crippen LogP contribution in [-0.2, 0) is 5.41 Å². The van der Waals surface area contributed by atoms with E-state index in [2.05, 4.69) is 50.9 Å². The van der Waals surface area contributed by atoms with Gasteiger partial charge in [-0.2, -0.15) is 0 Å². The highest BCUT2D eigenvalue weighted by Crippen LogP contribution is 2.28. The molecule has 2 rings (SSSR count). The first-order valence-electron chi connectivity index (χ1n) is 5.07. The number of nitrogens with one attached hydrogen (secondary N) is 1. The van der Waals surface area contributed by atoms with Gasteiger partial charge in [0.2, 0.25) is 0 Å². The zero-order chi connectivity index (χ0) is 10.3. The summed E-state index contributed by atoms with van der Waals surface area (Å²) in [5, 5.41) is 1.31. The molecule has 0 bridgehead atoms. The fraction of sp³-hybridized carbons (Fsp3) is 0.385. The van der Waals surface area contributed by atoms with Crippen molar-refractivity contribution >= 4 is 10.9 Å². The molecule has 0 radical (unpaired) electrons. The van der Waals surface area contributed by atoms with Crippen LogP contribution in [-0.4, -0.2) is 4.98 Å². The molecule has 2 aromatic rings. The molecule has 0 aliphatic carbocycles. The molecule has 0 spiro atoms. The van der Waals surface area contributed by atoms with Crippen LogP contribution in [0.4, 0.5) is 0 Å². The maximum absolute atomic E-state index is 3.24. The van der Waals surface area contributed by atoms with Crippen LogP contribution in [0, 0.1) is 6.92 Å². The van der Waals surface area contributed by atoms with Crippen molar-refractivity contribution in [3.63, 3.8) is 0 Å². The first-order valence-corrected chi connectivity index (χ1v) is 5.07. The van der Waals surface area contributed by atoms with Gasteiger partial charge >= 0.3 is 0 Å². The molecular weight excluding hydrogens is 170 g/mol. The molecule has 1 nitrogen and oxygen atoms in total. The monoisotopic (exact) mass is 187 g/mol. The van der Waals surface area contributed by atoms with E-state index in [9.17, 15) is 0 Å². The summed E-state index contributed by atoms with van der Waals surface area (Å²) in [7, 11) is 0. The number of hydrogen-bond donors (Lipinski definition) is 1. The summed E-state index contributed by atoms with van der Waals surface area (Å²) >= 11 is 0. The first-order chi connectivity index (χ1) is 6.48. The van der Waals surface area contributed by atoms with Crippen LogP contribution in [0.3, 0.4) is 0 Å². The summed E-state index contributed by atoms with van der Waals surface area (Å²) in [5.41, 5.74) is 4.27. The molecule has 0 amide bonds. The van der Waals surface area contributed by atoms with Gasteiger partial charge in [0.05, 0.1) is 0 Å². The lowest BCUT2D eigenvalue weighted by atomic mass is 9.83. The topological polar surface area (TPSA) is 15.8 Å². The van der Waals surface area contributed by atoms with E-state index in [-0.39, 0.29) is 5.41 Å². The van der Waals surface area contributed by atoms with E-state index in [0.717, 1.165) is 0 Å². The van der Waals surface area contributed by atoms with Crippen LogP contribution < -0.4 is 0 Å². The average Bonchev–Trinajstić information content (AvgIpc) is 2.47. The van der Waals surface area contributed by atoms with E-state index in [0.29, 0.717) is 0 Å². The Bertz CT molecular complexity index is 458. The molecule has 1 aromatic heterocycles. The smallest absolute Gasteiger partial charge is 0.0456 e. The summed E-state index contributed by atoms with van der Waals surface area (Å²) < 4.78 is 0. The van der Waals surface area contributed by atoms with E-state index < -0.39 is 0 Å². The number of aryl methyl sites for hydroxylation is 1. The van der Waals surface area contributed by atoms with E-state index in [1.54, 1.807) is 0 Å². The molecule has 0 atom stereocenters. The zero-order valence-corrected chi connectivity index (χ0v) is 9.31. The second-order valence-corrected chi connectivity index (χ2v) is 4.98. The minimum Gasteiger partial charge on any atom is -0.361 e. The molecule has 0 fully saturated rings. The quantitative estimate of drug-likeness (QED) is 0.646. The van der Waals surface area contributed by atoms with Crippen molar-refractivity contribution in [1.82, 2.24) is 4.98 Å². The number of fused-ring (bicyclic) bond motifs is 1. The van der Waals surface area contributed by atoms with Crippen LogP contribution in [0.15, 0.2) is 24.4 Å². The summed E-state index contributed by atoms with van der Waals surface area (Å²) in [6, 6.07) is 6.65. The summed E-state index contributed by atoms with van der Waals surface area (Å²) in [6.45, 7) is 8.95. The number of benzene rings is 1. The normalized spacial score (nSPS) is 12.3. The SMILES string of the molecule is Cc1cc2[nH]ccc2cc1C(C)(C)C. The minimum absolute atomic E-state index is 0.232. The number of rotatable bonds is 0. The Morgan fingerprint density at radius 1 is 1.14 bits per heavy atom. The van der Waals surface area contributed by atoms with Crippen molar-refractivity contribution in [3.8, 4) is 0 Å². The molecule has 0 unspecified atom stereocenters. The van der Waals surface area contributed by atoms with E-state index in [1.165, 1.54) is 22.0 Å². The molecule has 0 saturated carbocycles. The number of hydrogen-bond acceptors (Lipinski definition) is 0. The van der Waals surface area contributed by atoms with Crippen LogP contribution in [0.5, 0.6) is 0 Å². The minimum atomic E-state index is 0.232. The highest BCUT2D eigenvalue weighted by molar-refractivity contribution is 5.81. The molecule has 14 heavy (non-hydrogen) atoms. The highest BCUT2D eigenvalue weighted by atomic mass is 14.7. The summed E-state index contributed by atoms with van der Waals surface area (Å²) in [5.74, 6) is 0. The third-order valence-corrected chi connectivity index (χ3v) is 2.71. The van der Waals surface area contributed by atoms with Crippen molar-refractivity contribution in [2.45, 2.75) is 33.1 Å². The van der Waals surface area contributed by atoms with Crippen molar-refractivity contribution in [2.75, 3.05) is 0 Å². The van der Waals surface area contributed by atoms with Crippen molar-refractivity contribution in [1.29, 1.82) is 0 Å². The number of aromatic nitrogens is 1. The maximum Gasteiger partial charge on any atom is 0.0456 e. The fourth-order valence-electron chi connectivity index (χ4n) is 2.02. The third-order valence-electron chi connectivity index (χ3n) is 2.71. The van der Waals surface area contributed by atoms with Crippen molar-refractivity contribution < 1.29 is 0 Å². The standard InChI is InChI=1S/C13H17N/c1-9-7-12-10(5-6-14-12)8-11(9)13(2,3)4/h5-8,14H,1-4H3. The molecule has 1 heteroatoms. The Labute approximate surface area is 85.1 Å². The second-order valence-electron chi connectivity index (χ2n) is 4.98. The van der Waals surface area contributed by atoms with E-state index in [4.69, 9.17) is 0 Å². The highest BCUT2D eigenvalue weighted by Gasteiger charge is 2.16. The fourth-order valence-corrected chi connectivity index (χ4v) is 2.02. The van der Waals surface area contributed by atoms with Gasteiger partial charge in [-0.15, -0.1) is 0 Å². The van der Waals surface area contributed by atoms with Gasteiger partial charge in [0, 0.05) is 11.7 Å². The van der Waals surface area contributed by atoms with Gasteiger partial charge < -0.3 is 4.98 Å². The van der Waals surface area contributed by atoms with E-state index in [1.807, 2.05) is 6.20 Å². The molecule has 0 aliphatic rings.